The Balaban J connectivity index is 1.47. The number of aryl methyl sites for hydroxylation is 1. The molecule has 0 bridgehead atoms. The molecule has 2 saturated heterocycles. The summed E-state index contributed by atoms with van der Waals surface area (Å²) in [5.41, 5.74) is -1.97. The molecule has 1 amide bonds. The zero-order valence-electron chi connectivity index (χ0n) is 24.3. The zero-order valence-corrected chi connectivity index (χ0v) is 24.3. The van der Waals surface area contributed by atoms with E-state index in [1.165, 1.54) is 12.4 Å². The Morgan fingerprint density at radius 2 is 1.68 bits per heavy atom. The summed E-state index contributed by atoms with van der Waals surface area (Å²) in [6.07, 6.45) is -3.21. The van der Waals surface area contributed by atoms with Crippen LogP contribution in [0.1, 0.15) is 43.4 Å². The van der Waals surface area contributed by atoms with Crippen LogP contribution in [0.15, 0.2) is 43.0 Å². The number of aromatic nitrogens is 4. The minimum absolute atomic E-state index is 0.0952. The number of halogens is 6. The van der Waals surface area contributed by atoms with E-state index < -0.39 is 35.6 Å². The van der Waals surface area contributed by atoms with E-state index in [1.54, 1.807) is 33.9 Å². The Morgan fingerprint density at radius 3 is 2.18 bits per heavy atom. The Bertz CT molecular complexity index is 1440. The summed E-state index contributed by atoms with van der Waals surface area (Å²) in [5.74, 6) is 0.0952. The number of likely N-dealkylation sites (tertiary alicyclic amines) is 1. The van der Waals surface area contributed by atoms with Crippen molar-refractivity contribution in [3.05, 3.63) is 59.7 Å². The lowest BCUT2D eigenvalue weighted by Crippen LogP contribution is -2.46. The fourth-order valence-electron chi connectivity index (χ4n) is 5.44. The van der Waals surface area contributed by atoms with E-state index in [1.807, 2.05) is 13.8 Å². The second-order valence-electron chi connectivity index (χ2n) is 11.7. The normalized spacial score (nSPS) is 20.0. The molecule has 0 aliphatic carbocycles. The molecule has 0 spiro atoms. The quantitative estimate of drug-likeness (QED) is 0.286. The largest absolute Gasteiger partial charge is 0.449 e. The Hall–Kier alpha value is -3.88. The summed E-state index contributed by atoms with van der Waals surface area (Å²) in [7, 11) is 1.74. The first-order valence-corrected chi connectivity index (χ1v) is 14.0. The predicted octanol–water partition coefficient (Wildman–Crippen LogP) is 5.95. The van der Waals surface area contributed by atoms with E-state index in [0.29, 0.717) is 43.8 Å². The van der Waals surface area contributed by atoms with Gasteiger partial charge >= 0.3 is 18.4 Å². The van der Waals surface area contributed by atoms with Crippen LogP contribution >= 0.6 is 0 Å². The van der Waals surface area contributed by atoms with E-state index in [2.05, 4.69) is 15.1 Å². The SMILES string of the molecule is CC[C@@H]1C[C@H](N(Cc2cc(C(F)(F)F)cc(C(F)(F)F)c2)c2ncc(-c3cnn(C)c3)cn2)CN1C(=O)OCC1(C)COC1. The van der Waals surface area contributed by atoms with Gasteiger partial charge in [-0.25, -0.2) is 14.8 Å². The first-order chi connectivity index (χ1) is 20.6. The van der Waals surface area contributed by atoms with Gasteiger partial charge in [-0.3, -0.25) is 4.68 Å². The van der Waals surface area contributed by atoms with Gasteiger partial charge in [-0.15, -0.1) is 0 Å². The molecular formula is C29H32F6N6O3. The molecule has 2 atom stereocenters. The number of rotatable bonds is 8. The standard InChI is InChI=1S/C29H32F6N6O3/c1-4-23-8-24(14-41(23)26(42)44-17-27(2)15-43-16-27)40(25-36-9-19(10-37-25)20-11-38-39(3)13-20)12-18-5-21(28(30,31)32)7-22(6-18)29(33,34)35/h5-7,9-11,13,23-24H,4,8,12,14-17H2,1-3H3/t23-,24+/m1/s1. The Kier molecular flexibility index (Phi) is 8.53. The van der Waals surface area contributed by atoms with E-state index >= 15 is 0 Å². The maximum absolute atomic E-state index is 13.6. The predicted molar refractivity (Wildman–Crippen MR) is 146 cm³/mol. The molecule has 2 aliphatic rings. The molecule has 15 heteroatoms. The molecule has 3 aromatic rings. The van der Waals surface area contributed by atoms with Crippen LogP contribution in [0, 0.1) is 5.41 Å². The number of ether oxygens (including phenoxy) is 2. The van der Waals surface area contributed by atoms with Crippen LogP contribution in [0.5, 0.6) is 0 Å². The van der Waals surface area contributed by atoms with E-state index in [4.69, 9.17) is 9.47 Å². The molecule has 0 radical (unpaired) electrons. The molecule has 0 unspecified atom stereocenters. The number of hydrogen-bond acceptors (Lipinski definition) is 7. The molecule has 0 saturated carbocycles. The minimum atomic E-state index is -4.99. The summed E-state index contributed by atoms with van der Waals surface area (Å²) >= 11 is 0. The van der Waals surface area contributed by atoms with Crippen LogP contribution in [-0.4, -0.2) is 69.2 Å². The summed E-state index contributed by atoms with van der Waals surface area (Å²) in [5, 5.41) is 4.12. The van der Waals surface area contributed by atoms with Crippen LogP contribution < -0.4 is 4.90 Å². The molecule has 5 rings (SSSR count). The van der Waals surface area contributed by atoms with Crippen molar-refractivity contribution in [2.24, 2.45) is 12.5 Å². The smallest absolute Gasteiger partial charge is 0.416 e. The first kappa shape index (κ1) is 31.5. The van der Waals surface area contributed by atoms with Gasteiger partial charge in [0.15, 0.2) is 0 Å². The van der Waals surface area contributed by atoms with Gasteiger partial charge in [-0.2, -0.15) is 31.4 Å². The molecule has 4 heterocycles. The highest BCUT2D eigenvalue weighted by atomic mass is 19.4. The minimum Gasteiger partial charge on any atom is -0.449 e. The fourth-order valence-corrected chi connectivity index (χ4v) is 5.44. The second kappa shape index (κ2) is 11.9. The third-order valence-corrected chi connectivity index (χ3v) is 7.92. The van der Waals surface area contributed by atoms with Crippen molar-refractivity contribution in [2.75, 3.05) is 31.3 Å². The lowest BCUT2D eigenvalue weighted by Gasteiger charge is -2.37. The lowest BCUT2D eigenvalue weighted by atomic mass is 9.90. The van der Waals surface area contributed by atoms with Crippen molar-refractivity contribution in [3.63, 3.8) is 0 Å². The molecule has 2 aliphatic heterocycles. The van der Waals surface area contributed by atoms with Gasteiger partial charge in [0, 0.05) is 61.3 Å². The molecule has 44 heavy (non-hydrogen) atoms. The highest BCUT2D eigenvalue weighted by Gasteiger charge is 2.42. The zero-order chi connectivity index (χ0) is 31.9. The van der Waals surface area contributed by atoms with E-state index in [9.17, 15) is 31.1 Å². The number of hydrogen-bond donors (Lipinski definition) is 0. The second-order valence-corrected chi connectivity index (χ2v) is 11.7. The number of nitrogens with zero attached hydrogens (tertiary/aromatic N) is 6. The lowest BCUT2D eigenvalue weighted by molar-refractivity contribution is -0.143. The van der Waals surface area contributed by atoms with Gasteiger partial charge in [0.2, 0.25) is 5.95 Å². The van der Waals surface area contributed by atoms with Gasteiger partial charge in [0.25, 0.3) is 0 Å². The summed E-state index contributed by atoms with van der Waals surface area (Å²) in [6.45, 7) is 4.68. The van der Waals surface area contributed by atoms with Gasteiger partial charge in [-0.05, 0) is 36.6 Å². The maximum atomic E-state index is 13.6. The van der Waals surface area contributed by atoms with Crippen LogP contribution in [0.25, 0.3) is 11.1 Å². The molecule has 2 fully saturated rings. The molecule has 1 aromatic carbocycles. The van der Waals surface area contributed by atoms with Crippen LogP contribution in [0.3, 0.4) is 0 Å². The monoisotopic (exact) mass is 626 g/mol. The molecule has 238 valence electrons. The van der Waals surface area contributed by atoms with Crippen molar-refractivity contribution in [2.45, 2.75) is 57.7 Å². The summed E-state index contributed by atoms with van der Waals surface area (Å²) in [4.78, 5) is 25.1. The number of anilines is 1. The van der Waals surface area contributed by atoms with Gasteiger partial charge in [0.05, 0.1) is 36.6 Å². The van der Waals surface area contributed by atoms with Crippen LogP contribution in [-0.2, 0) is 35.4 Å². The summed E-state index contributed by atoms with van der Waals surface area (Å²) < 4.78 is 94.3. The summed E-state index contributed by atoms with van der Waals surface area (Å²) in [6, 6.07) is 0.699. The van der Waals surface area contributed by atoms with E-state index in [0.717, 1.165) is 5.56 Å². The Labute approximate surface area is 249 Å². The topological polar surface area (TPSA) is 85.6 Å². The number of carbonyl (C=O) groups excluding carboxylic acids is 1. The van der Waals surface area contributed by atoms with Crippen LogP contribution in [0.2, 0.25) is 0 Å². The third kappa shape index (κ3) is 6.92. The Morgan fingerprint density at radius 1 is 1.05 bits per heavy atom. The highest BCUT2D eigenvalue weighted by molar-refractivity contribution is 5.69. The molecular weight excluding hydrogens is 594 g/mol. The highest BCUT2D eigenvalue weighted by Crippen LogP contribution is 2.38. The molecule has 9 nitrogen and oxygen atoms in total. The molecule has 0 N–H and O–H groups in total. The van der Waals surface area contributed by atoms with Gasteiger partial charge < -0.3 is 19.3 Å². The van der Waals surface area contributed by atoms with Crippen LogP contribution in [0.4, 0.5) is 37.1 Å². The van der Waals surface area contributed by atoms with Crippen molar-refractivity contribution < 1.29 is 40.6 Å². The van der Waals surface area contributed by atoms with Crippen molar-refractivity contribution in [1.82, 2.24) is 24.6 Å². The van der Waals surface area contributed by atoms with Gasteiger partial charge in [0.1, 0.15) is 6.61 Å². The first-order valence-electron chi connectivity index (χ1n) is 14.0. The van der Waals surface area contributed by atoms with E-state index in [-0.39, 0.29) is 48.7 Å². The third-order valence-electron chi connectivity index (χ3n) is 7.92. The maximum Gasteiger partial charge on any atom is 0.416 e. The molecule has 2 aromatic heterocycles. The fraction of sp³-hybridized carbons (Fsp3) is 0.517. The van der Waals surface area contributed by atoms with Crippen molar-refractivity contribution in [3.8, 4) is 11.1 Å². The van der Waals surface area contributed by atoms with Crippen molar-refractivity contribution in [1.29, 1.82) is 0 Å². The van der Waals surface area contributed by atoms with Gasteiger partial charge in [-0.1, -0.05) is 13.8 Å². The number of carbonyl (C=O) groups is 1. The number of benzene rings is 1. The average molecular weight is 627 g/mol. The number of amides is 1. The van der Waals surface area contributed by atoms with Crippen molar-refractivity contribution >= 4 is 12.0 Å². The number of alkyl halides is 6. The average Bonchev–Trinajstić information content (AvgIpc) is 3.59.